The lowest BCUT2D eigenvalue weighted by atomic mass is 10.1. The Bertz CT molecular complexity index is 1510. The van der Waals surface area contributed by atoms with Gasteiger partial charge < -0.3 is 24.1 Å². The number of hydrogen-bond donors (Lipinski definition) is 1. The van der Waals surface area contributed by atoms with Gasteiger partial charge in [0.2, 0.25) is 0 Å². The van der Waals surface area contributed by atoms with Crippen molar-refractivity contribution >= 4 is 38.5 Å². The fourth-order valence-corrected chi connectivity index (χ4v) is 5.86. The second kappa shape index (κ2) is 8.07. The van der Waals surface area contributed by atoms with Crippen LogP contribution in [0.15, 0.2) is 35.1 Å². The molecule has 34 heavy (non-hydrogen) atoms. The van der Waals surface area contributed by atoms with Crippen molar-refractivity contribution in [3.05, 3.63) is 46.1 Å². The maximum Gasteiger partial charge on any atom is 0.199 e. The molecule has 0 amide bonds. The van der Waals surface area contributed by atoms with Gasteiger partial charge in [0.15, 0.2) is 5.43 Å². The molecule has 1 saturated carbocycles. The van der Waals surface area contributed by atoms with Crippen LogP contribution < -0.4 is 15.1 Å². The highest BCUT2D eigenvalue weighted by Gasteiger charge is 2.26. The summed E-state index contributed by atoms with van der Waals surface area (Å²) < 4.78 is 8.18. The molecule has 1 aliphatic carbocycles. The molecule has 4 aromatic rings. The number of aromatic amines is 1. The number of nitrogens with one attached hydrogen (secondary N) is 1. The van der Waals surface area contributed by atoms with Crippen LogP contribution in [0, 0.1) is 11.3 Å². The van der Waals surface area contributed by atoms with Gasteiger partial charge in [-0.2, -0.15) is 5.26 Å². The Morgan fingerprint density at radius 3 is 2.53 bits per heavy atom. The number of rotatable bonds is 3. The third kappa shape index (κ3) is 3.17. The zero-order valence-electron chi connectivity index (χ0n) is 19.7. The molecule has 3 heterocycles. The molecular weight excluding hydrogens is 426 g/mol. The van der Waals surface area contributed by atoms with Gasteiger partial charge in [-0.05, 0) is 44.2 Å². The van der Waals surface area contributed by atoms with E-state index in [-0.39, 0.29) is 5.43 Å². The van der Waals surface area contributed by atoms with Crippen molar-refractivity contribution in [2.24, 2.45) is 0 Å². The number of anilines is 1. The average molecular weight is 456 g/mol. The largest absolute Gasteiger partial charge is 0.495 e. The highest BCUT2D eigenvalue weighted by molar-refractivity contribution is 6.10. The Morgan fingerprint density at radius 1 is 1.06 bits per heavy atom. The predicted octanol–water partition coefficient (Wildman–Crippen LogP) is 4.38. The minimum absolute atomic E-state index is 0.0124. The molecule has 0 spiro atoms. The summed E-state index contributed by atoms with van der Waals surface area (Å²) in [5, 5.41) is 11.7. The number of pyridine rings is 1. The smallest absolute Gasteiger partial charge is 0.199 e. The van der Waals surface area contributed by atoms with E-state index in [1.54, 1.807) is 13.2 Å². The van der Waals surface area contributed by atoms with E-state index in [0.717, 1.165) is 72.5 Å². The molecular formula is C27H29N5O2. The van der Waals surface area contributed by atoms with E-state index in [1.807, 2.05) is 18.2 Å². The van der Waals surface area contributed by atoms with E-state index >= 15 is 0 Å². The van der Waals surface area contributed by atoms with Gasteiger partial charge in [0.05, 0.1) is 40.7 Å². The number of nitrogens with zero attached hydrogens (tertiary/aromatic N) is 4. The van der Waals surface area contributed by atoms with Gasteiger partial charge in [0.25, 0.3) is 0 Å². The summed E-state index contributed by atoms with van der Waals surface area (Å²) in [5.41, 5.74) is 4.31. The first-order valence-corrected chi connectivity index (χ1v) is 12.1. The van der Waals surface area contributed by atoms with Gasteiger partial charge in [0.1, 0.15) is 11.4 Å². The van der Waals surface area contributed by atoms with E-state index in [4.69, 9.17) is 4.74 Å². The molecule has 174 valence electrons. The topological polar surface area (TPSA) is 77.3 Å². The fraction of sp³-hybridized carbons (Fsp3) is 0.407. The van der Waals surface area contributed by atoms with Crippen molar-refractivity contribution < 1.29 is 4.74 Å². The summed E-state index contributed by atoms with van der Waals surface area (Å²) in [6, 6.07) is 12.2. The Hall–Kier alpha value is -3.50. The molecule has 2 aliphatic rings. The minimum atomic E-state index is 0.0124. The van der Waals surface area contributed by atoms with Crippen LogP contribution in [0.5, 0.6) is 5.75 Å². The van der Waals surface area contributed by atoms with Crippen molar-refractivity contribution in [3.8, 4) is 11.8 Å². The first kappa shape index (κ1) is 21.1. The summed E-state index contributed by atoms with van der Waals surface area (Å²) in [6.07, 6.45) is 4.59. The monoisotopic (exact) mass is 455 g/mol. The summed E-state index contributed by atoms with van der Waals surface area (Å²) in [5.74, 6) is 0.748. The van der Waals surface area contributed by atoms with Gasteiger partial charge >= 0.3 is 0 Å². The molecule has 2 aromatic heterocycles. The normalized spacial score (nSPS) is 17.7. The Balaban J connectivity index is 1.69. The molecule has 1 N–H and O–H groups in total. The number of H-pyrrole nitrogens is 1. The Labute approximate surface area is 198 Å². The standard InChI is InChI=1S/C27H29N5O2/c1-30-9-11-31(12-10-30)23-15-22-20(14-24(23)34-2)26(33)25-19-8-7-17(16-28)13-21(19)29-27(25)32(22)18-5-3-4-6-18/h7-8,13-15,18,29H,3-6,9-12H2,1-2H3. The van der Waals surface area contributed by atoms with Crippen LogP contribution in [-0.2, 0) is 0 Å². The minimum Gasteiger partial charge on any atom is -0.495 e. The van der Waals surface area contributed by atoms with Crippen molar-refractivity contribution in [2.75, 3.05) is 45.2 Å². The Kier molecular flexibility index (Phi) is 5.00. The van der Waals surface area contributed by atoms with Crippen LogP contribution >= 0.6 is 0 Å². The number of fused-ring (bicyclic) bond motifs is 4. The quantitative estimate of drug-likeness (QED) is 0.496. The lowest BCUT2D eigenvalue weighted by Gasteiger charge is -2.35. The van der Waals surface area contributed by atoms with Crippen molar-refractivity contribution in [1.82, 2.24) is 14.5 Å². The first-order valence-electron chi connectivity index (χ1n) is 12.1. The van der Waals surface area contributed by atoms with Gasteiger partial charge in [-0.1, -0.05) is 18.9 Å². The van der Waals surface area contributed by atoms with Gasteiger partial charge in [-0.25, -0.2) is 0 Å². The SMILES string of the molecule is COc1cc2c(=O)c3c4ccc(C#N)cc4[nH]c3n(C3CCCC3)c2cc1N1CCN(C)CC1. The number of aromatic nitrogens is 2. The van der Waals surface area contributed by atoms with E-state index in [9.17, 15) is 10.1 Å². The first-order chi connectivity index (χ1) is 16.6. The predicted molar refractivity (Wildman–Crippen MR) is 136 cm³/mol. The number of piperazine rings is 1. The summed E-state index contributed by atoms with van der Waals surface area (Å²) in [4.78, 5) is 22.1. The van der Waals surface area contributed by atoms with Gasteiger partial charge in [0, 0.05) is 43.1 Å². The molecule has 0 unspecified atom stereocenters. The molecule has 7 heteroatoms. The van der Waals surface area contributed by atoms with Crippen molar-refractivity contribution in [1.29, 1.82) is 5.26 Å². The highest BCUT2D eigenvalue weighted by atomic mass is 16.5. The maximum atomic E-state index is 13.9. The number of nitriles is 1. The number of methoxy groups -OCH3 is 1. The molecule has 6 rings (SSSR count). The van der Waals surface area contributed by atoms with Crippen LogP contribution in [0.4, 0.5) is 5.69 Å². The van der Waals surface area contributed by atoms with Crippen LogP contribution in [0.2, 0.25) is 0 Å². The number of hydrogen-bond acceptors (Lipinski definition) is 5. The summed E-state index contributed by atoms with van der Waals surface area (Å²) >= 11 is 0. The maximum absolute atomic E-state index is 13.9. The molecule has 2 fully saturated rings. The van der Waals surface area contributed by atoms with Crippen molar-refractivity contribution in [3.63, 3.8) is 0 Å². The average Bonchev–Trinajstić information content (AvgIpc) is 3.52. The lowest BCUT2D eigenvalue weighted by molar-refractivity contribution is 0.311. The fourth-order valence-electron chi connectivity index (χ4n) is 5.86. The highest BCUT2D eigenvalue weighted by Crippen LogP contribution is 2.40. The third-order valence-electron chi connectivity index (χ3n) is 7.71. The van der Waals surface area contributed by atoms with E-state index in [1.165, 1.54) is 12.8 Å². The third-order valence-corrected chi connectivity index (χ3v) is 7.71. The molecule has 2 aromatic carbocycles. The number of likely N-dealkylation sites (N-methyl/N-ethyl adjacent to an activating group) is 1. The van der Waals surface area contributed by atoms with Crippen molar-refractivity contribution in [2.45, 2.75) is 31.7 Å². The van der Waals surface area contributed by atoms with E-state index in [0.29, 0.717) is 22.4 Å². The Morgan fingerprint density at radius 2 is 1.82 bits per heavy atom. The second-order valence-electron chi connectivity index (χ2n) is 9.69. The second-order valence-corrected chi connectivity index (χ2v) is 9.69. The molecule has 7 nitrogen and oxygen atoms in total. The molecule has 1 aliphatic heterocycles. The van der Waals surface area contributed by atoms with E-state index in [2.05, 4.69) is 38.5 Å². The van der Waals surface area contributed by atoms with Gasteiger partial charge in [-0.3, -0.25) is 4.79 Å². The van der Waals surface area contributed by atoms with E-state index < -0.39 is 0 Å². The summed E-state index contributed by atoms with van der Waals surface area (Å²) in [7, 11) is 3.83. The lowest BCUT2D eigenvalue weighted by Crippen LogP contribution is -2.44. The number of ether oxygens (including phenoxy) is 1. The zero-order chi connectivity index (χ0) is 23.4. The number of benzene rings is 2. The van der Waals surface area contributed by atoms with Crippen LogP contribution in [0.3, 0.4) is 0 Å². The van der Waals surface area contributed by atoms with Crippen LogP contribution in [0.1, 0.15) is 37.3 Å². The molecule has 0 atom stereocenters. The summed E-state index contributed by atoms with van der Waals surface area (Å²) in [6.45, 7) is 3.85. The molecule has 1 saturated heterocycles. The van der Waals surface area contributed by atoms with Crippen LogP contribution in [-0.4, -0.2) is 54.8 Å². The zero-order valence-corrected chi connectivity index (χ0v) is 19.7. The van der Waals surface area contributed by atoms with Crippen LogP contribution in [0.25, 0.3) is 32.8 Å². The molecule has 0 radical (unpaired) electrons. The van der Waals surface area contributed by atoms with Gasteiger partial charge in [-0.15, -0.1) is 0 Å². The molecule has 0 bridgehead atoms.